The molecule has 2 N–H and O–H groups in total. The van der Waals surface area contributed by atoms with Gasteiger partial charge >= 0.3 is 0 Å². The second-order valence-corrected chi connectivity index (χ2v) is 5.85. The maximum absolute atomic E-state index is 12.1. The van der Waals surface area contributed by atoms with Gasteiger partial charge in [-0.05, 0) is 64.7 Å². The Kier molecular flexibility index (Phi) is 5.65. The van der Waals surface area contributed by atoms with Crippen LogP contribution in [-0.2, 0) is 6.42 Å². The van der Waals surface area contributed by atoms with E-state index in [-0.39, 0.29) is 11.7 Å². The molecule has 5 heteroatoms. The van der Waals surface area contributed by atoms with Gasteiger partial charge in [-0.15, -0.1) is 11.6 Å². The van der Waals surface area contributed by atoms with Crippen LogP contribution in [0.3, 0.4) is 0 Å². The number of phenolic OH excluding ortho intramolecular Hbond substituents is 1. The summed E-state index contributed by atoms with van der Waals surface area (Å²) >= 11 is 8.87. The van der Waals surface area contributed by atoms with E-state index in [9.17, 15) is 9.90 Å². The van der Waals surface area contributed by atoms with Crippen molar-refractivity contribution < 1.29 is 9.90 Å². The quantitative estimate of drug-likeness (QED) is 0.759. The number of aryl methyl sites for hydroxylation is 1. The number of benzene rings is 2. The van der Waals surface area contributed by atoms with Crippen LogP contribution in [0.2, 0.25) is 0 Å². The molecule has 0 bridgehead atoms. The number of nitrogens with one attached hydrogen (secondary N) is 1. The molecule has 0 aliphatic carbocycles. The van der Waals surface area contributed by atoms with Gasteiger partial charge in [0.1, 0.15) is 5.75 Å². The largest absolute Gasteiger partial charge is 0.507 e. The Morgan fingerprint density at radius 1 is 1.24 bits per heavy atom. The number of aromatic hydroxyl groups is 1. The van der Waals surface area contributed by atoms with Gasteiger partial charge in [-0.1, -0.05) is 12.1 Å². The maximum atomic E-state index is 12.1. The minimum Gasteiger partial charge on any atom is -0.507 e. The summed E-state index contributed by atoms with van der Waals surface area (Å²) in [7, 11) is 0. The maximum Gasteiger partial charge on any atom is 0.255 e. The third-order valence-corrected chi connectivity index (χ3v) is 3.93. The first kappa shape index (κ1) is 15.9. The highest BCUT2D eigenvalue weighted by Crippen LogP contribution is 2.24. The van der Waals surface area contributed by atoms with Crippen LogP contribution in [0.1, 0.15) is 22.3 Å². The molecule has 2 aromatic carbocycles. The summed E-state index contributed by atoms with van der Waals surface area (Å²) in [5.41, 5.74) is 2.27. The van der Waals surface area contributed by atoms with Crippen molar-refractivity contribution in [2.45, 2.75) is 12.8 Å². The number of carbonyl (C=O) groups is 1. The van der Waals surface area contributed by atoms with E-state index < -0.39 is 0 Å². The number of hydrogen-bond acceptors (Lipinski definition) is 2. The molecule has 110 valence electrons. The Balaban J connectivity index is 2.10. The van der Waals surface area contributed by atoms with Crippen molar-refractivity contribution in [2.75, 3.05) is 11.2 Å². The number of carbonyl (C=O) groups excluding carboxylic acids is 1. The lowest BCUT2D eigenvalue weighted by molar-refractivity contribution is 0.102. The summed E-state index contributed by atoms with van der Waals surface area (Å²) < 4.78 is 0.558. The Morgan fingerprint density at radius 2 is 2.05 bits per heavy atom. The summed E-state index contributed by atoms with van der Waals surface area (Å²) in [6.07, 6.45) is 1.78. The molecular weight excluding hydrogens is 354 g/mol. The van der Waals surface area contributed by atoms with Gasteiger partial charge in [-0.3, -0.25) is 4.79 Å². The summed E-state index contributed by atoms with van der Waals surface area (Å²) in [5.74, 6) is 0.403. The van der Waals surface area contributed by atoms with E-state index in [1.807, 2.05) is 24.3 Å². The van der Waals surface area contributed by atoms with Gasteiger partial charge in [0.2, 0.25) is 0 Å². The first-order valence-corrected chi connectivity index (χ1v) is 7.87. The fourth-order valence-electron chi connectivity index (χ4n) is 1.93. The molecule has 2 rings (SSSR count). The summed E-state index contributed by atoms with van der Waals surface area (Å²) in [6, 6.07) is 12.4. The van der Waals surface area contributed by atoms with Crippen LogP contribution in [-0.4, -0.2) is 16.9 Å². The van der Waals surface area contributed by atoms with Crippen LogP contribution in [0, 0.1) is 0 Å². The molecule has 0 saturated carbocycles. The normalized spacial score (nSPS) is 10.4. The van der Waals surface area contributed by atoms with Crippen LogP contribution in [0.4, 0.5) is 5.69 Å². The molecule has 0 fully saturated rings. The van der Waals surface area contributed by atoms with Crippen molar-refractivity contribution >= 4 is 39.1 Å². The lowest BCUT2D eigenvalue weighted by Crippen LogP contribution is -2.11. The highest BCUT2D eigenvalue weighted by Gasteiger charge is 2.09. The van der Waals surface area contributed by atoms with Crippen LogP contribution in [0.25, 0.3) is 0 Å². The summed E-state index contributed by atoms with van der Waals surface area (Å²) in [6.45, 7) is 0. The molecule has 0 aliphatic rings. The lowest BCUT2D eigenvalue weighted by Gasteiger charge is -2.08. The molecule has 0 atom stereocenters. The number of hydrogen-bond donors (Lipinski definition) is 2. The number of amides is 1. The Bertz CT molecular complexity index is 646. The molecule has 1 amide bonds. The topological polar surface area (TPSA) is 49.3 Å². The highest BCUT2D eigenvalue weighted by atomic mass is 79.9. The van der Waals surface area contributed by atoms with Gasteiger partial charge in [0.25, 0.3) is 5.91 Å². The zero-order valence-corrected chi connectivity index (χ0v) is 13.6. The van der Waals surface area contributed by atoms with Gasteiger partial charge in [0, 0.05) is 17.1 Å². The Hall–Kier alpha value is -1.52. The van der Waals surface area contributed by atoms with Crippen molar-refractivity contribution in [1.29, 1.82) is 0 Å². The standard InChI is InChI=1S/C16H15BrClNO2/c17-14-7-6-12(10-15(14)20)16(21)19-13-5-1-3-11(9-13)4-2-8-18/h1,3,5-7,9-10,20H,2,4,8H2,(H,19,21). The smallest absolute Gasteiger partial charge is 0.255 e. The molecule has 2 aromatic rings. The summed E-state index contributed by atoms with van der Waals surface area (Å²) in [5, 5.41) is 12.4. The van der Waals surface area contributed by atoms with E-state index in [1.54, 1.807) is 12.1 Å². The van der Waals surface area contributed by atoms with Gasteiger partial charge in [0.15, 0.2) is 0 Å². The van der Waals surface area contributed by atoms with E-state index >= 15 is 0 Å². The van der Waals surface area contributed by atoms with Crippen molar-refractivity contribution in [3.8, 4) is 5.75 Å². The van der Waals surface area contributed by atoms with Crippen molar-refractivity contribution in [1.82, 2.24) is 0 Å². The summed E-state index contributed by atoms with van der Waals surface area (Å²) in [4.78, 5) is 12.1. The first-order valence-electron chi connectivity index (χ1n) is 6.55. The average molecular weight is 369 g/mol. The van der Waals surface area contributed by atoms with Crippen LogP contribution in [0.5, 0.6) is 5.75 Å². The van der Waals surface area contributed by atoms with Crippen LogP contribution >= 0.6 is 27.5 Å². The zero-order valence-electron chi connectivity index (χ0n) is 11.3. The molecule has 0 spiro atoms. The minimum atomic E-state index is -0.257. The van der Waals surface area contributed by atoms with Crippen molar-refractivity contribution in [2.24, 2.45) is 0 Å². The number of phenols is 1. The molecule has 0 aliphatic heterocycles. The van der Waals surface area contributed by atoms with E-state index in [0.29, 0.717) is 15.9 Å². The Morgan fingerprint density at radius 3 is 2.76 bits per heavy atom. The molecule has 0 aromatic heterocycles. The fraction of sp³-hybridized carbons (Fsp3) is 0.188. The van der Waals surface area contributed by atoms with E-state index in [0.717, 1.165) is 24.1 Å². The van der Waals surface area contributed by atoms with Crippen molar-refractivity contribution in [3.63, 3.8) is 0 Å². The predicted octanol–water partition coefficient (Wildman–Crippen LogP) is 4.58. The molecule has 21 heavy (non-hydrogen) atoms. The number of anilines is 1. The molecule has 0 saturated heterocycles. The monoisotopic (exact) mass is 367 g/mol. The molecule has 0 radical (unpaired) electrons. The second kappa shape index (κ2) is 7.48. The van der Waals surface area contributed by atoms with Gasteiger partial charge < -0.3 is 10.4 Å². The number of alkyl halides is 1. The minimum absolute atomic E-state index is 0.0403. The second-order valence-electron chi connectivity index (χ2n) is 4.61. The Labute approximate surface area is 137 Å². The van der Waals surface area contributed by atoms with Gasteiger partial charge in [-0.2, -0.15) is 0 Å². The number of rotatable bonds is 5. The molecule has 0 unspecified atom stereocenters. The van der Waals surface area contributed by atoms with Crippen LogP contribution < -0.4 is 5.32 Å². The third-order valence-electron chi connectivity index (χ3n) is 2.99. The van der Waals surface area contributed by atoms with Gasteiger partial charge in [-0.25, -0.2) is 0 Å². The molecule has 3 nitrogen and oxygen atoms in total. The van der Waals surface area contributed by atoms with Crippen molar-refractivity contribution in [3.05, 3.63) is 58.1 Å². The van der Waals surface area contributed by atoms with Crippen LogP contribution in [0.15, 0.2) is 46.9 Å². The highest BCUT2D eigenvalue weighted by molar-refractivity contribution is 9.10. The lowest BCUT2D eigenvalue weighted by atomic mass is 10.1. The van der Waals surface area contributed by atoms with E-state index in [2.05, 4.69) is 21.2 Å². The SMILES string of the molecule is O=C(Nc1cccc(CCCCl)c1)c1ccc(Br)c(O)c1. The third kappa shape index (κ3) is 4.48. The van der Waals surface area contributed by atoms with Gasteiger partial charge in [0.05, 0.1) is 4.47 Å². The predicted molar refractivity (Wildman–Crippen MR) is 89.2 cm³/mol. The molecule has 0 heterocycles. The first-order chi connectivity index (χ1) is 10.1. The fourth-order valence-corrected chi connectivity index (χ4v) is 2.31. The number of halogens is 2. The van der Waals surface area contributed by atoms with E-state index in [1.165, 1.54) is 6.07 Å². The molecular formula is C16H15BrClNO2. The van der Waals surface area contributed by atoms with E-state index in [4.69, 9.17) is 11.6 Å². The average Bonchev–Trinajstić information content (AvgIpc) is 2.48. The zero-order chi connectivity index (χ0) is 15.2.